The van der Waals surface area contributed by atoms with E-state index in [2.05, 4.69) is 12.2 Å². The number of unbranched alkanes of at least 4 members (excludes halogenated alkanes) is 5. The number of rotatable bonds is 9. The first kappa shape index (κ1) is 15.5. The van der Waals surface area contributed by atoms with E-state index in [0.29, 0.717) is 0 Å². The van der Waals surface area contributed by atoms with Crippen molar-refractivity contribution in [2.45, 2.75) is 52.4 Å². The van der Waals surface area contributed by atoms with Crippen molar-refractivity contribution in [3.05, 3.63) is 24.3 Å². The highest BCUT2D eigenvalue weighted by Crippen LogP contribution is 2.16. The Kier molecular flexibility index (Phi) is 7.71. The molecule has 0 atom stereocenters. The van der Waals surface area contributed by atoms with Gasteiger partial charge in [0.15, 0.2) is 0 Å². The zero-order valence-electron chi connectivity index (χ0n) is 12.1. The fourth-order valence-corrected chi connectivity index (χ4v) is 1.91. The second-order valence-corrected chi connectivity index (χ2v) is 4.82. The SMILES string of the molecule is CCCCCCCCOc1ccc(NC(C)=O)cc1. The summed E-state index contributed by atoms with van der Waals surface area (Å²) in [5.41, 5.74) is 0.805. The van der Waals surface area contributed by atoms with Crippen LogP contribution in [0.25, 0.3) is 0 Å². The summed E-state index contributed by atoms with van der Waals surface area (Å²) in [5, 5.41) is 2.73. The van der Waals surface area contributed by atoms with E-state index in [1.54, 1.807) is 0 Å². The molecule has 0 unspecified atom stereocenters. The first-order chi connectivity index (χ1) is 9.22. The second-order valence-electron chi connectivity index (χ2n) is 4.82. The van der Waals surface area contributed by atoms with Gasteiger partial charge in [0.05, 0.1) is 6.61 Å². The third-order valence-electron chi connectivity index (χ3n) is 2.94. The van der Waals surface area contributed by atoms with Crippen LogP contribution in [0, 0.1) is 0 Å². The molecular formula is C16H25NO2. The lowest BCUT2D eigenvalue weighted by atomic mass is 10.1. The van der Waals surface area contributed by atoms with Gasteiger partial charge in [0.25, 0.3) is 0 Å². The Balaban J connectivity index is 2.14. The molecule has 0 heterocycles. The first-order valence-corrected chi connectivity index (χ1v) is 7.23. The van der Waals surface area contributed by atoms with Crippen molar-refractivity contribution < 1.29 is 9.53 Å². The first-order valence-electron chi connectivity index (χ1n) is 7.23. The maximum absolute atomic E-state index is 10.9. The molecule has 0 bridgehead atoms. The van der Waals surface area contributed by atoms with Crippen molar-refractivity contribution >= 4 is 11.6 Å². The number of nitrogens with one attached hydrogen (secondary N) is 1. The van der Waals surface area contributed by atoms with Crippen LogP contribution in [0.4, 0.5) is 5.69 Å². The molecule has 0 aromatic heterocycles. The third-order valence-corrected chi connectivity index (χ3v) is 2.94. The highest BCUT2D eigenvalue weighted by Gasteiger charge is 1.97. The lowest BCUT2D eigenvalue weighted by Crippen LogP contribution is -2.05. The van der Waals surface area contributed by atoms with Gasteiger partial charge in [-0.15, -0.1) is 0 Å². The quantitative estimate of drug-likeness (QED) is 0.671. The fraction of sp³-hybridized carbons (Fsp3) is 0.562. The van der Waals surface area contributed by atoms with E-state index >= 15 is 0 Å². The number of benzene rings is 1. The molecular weight excluding hydrogens is 238 g/mol. The van der Waals surface area contributed by atoms with Gasteiger partial charge in [-0.1, -0.05) is 39.0 Å². The van der Waals surface area contributed by atoms with Crippen LogP contribution in [0.15, 0.2) is 24.3 Å². The predicted octanol–water partition coefficient (Wildman–Crippen LogP) is 4.38. The van der Waals surface area contributed by atoms with Crippen molar-refractivity contribution in [1.82, 2.24) is 0 Å². The molecule has 0 aliphatic carbocycles. The number of carbonyl (C=O) groups is 1. The summed E-state index contributed by atoms with van der Waals surface area (Å²) in [7, 11) is 0. The minimum atomic E-state index is -0.0549. The van der Waals surface area contributed by atoms with Crippen LogP contribution in [0.1, 0.15) is 52.4 Å². The largest absolute Gasteiger partial charge is 0.494 e. The maximum atomic E-state index is 10.9. The minimum absolute atomic E-state index is 0.0549. The van der Waals surface area contributed by atoms with Crippen LogP contribution in [0.2, 0.25) is 0 Å². The van der Waals surface area contributed by atoms with Crippen LogP contribution in [-0.4, -0.2) is 12.5 Å². The number of hydrogen-bond acceptors (Lipinski definition) is 2. The fourth-order valence-electron chi connectivity index (χ4n) is 1.91. The molecule has 0 radical (unpaired) electrons. The molecule has 0 saturated carbocycles. The molecule has 0 fully saturated rings. The van der Waals surface area contributed by atoms with Gasteiger partial charge in [-0.05, 0) is 30.7 Å². The molecule has 1 rings (SSSR count). The summed E-state index contributed by atoms with van der Waals surface area (Å²) in [6.45, 7) is 4.50. The van der Waals surface area contributed by atoms with Crippen LogP contribution in [0.3, 0.4) is 0 Å². The van der Waals surface area contributed by atoms with Crippen LogP contribution in [0.5, 0.6) is 5.75 Å². The molecule has 1 aromatic carbocycles. The Labute approximate surface area is 116 Å². The summed E-state index contributed by atoms with van der Waals surface area (Å²) in [6, 6.07) is 7.50. The highest BCUT2D eigenvalue weighted by molar-refractivity contribution is 5.88. The van der Waals surface area contributed by atoms with Gasteiger partial charge in [0, 0.05) is 12.6 Å². The highest BCUT2D eigenvalue weighted by atomic mass is 16.5. The average Bonchev–Trinajstić information content (AvgIpc) is 2.39. The smallest absolute Gasteiger partial charge is 0.221 e. The van der Waals surface area contributed by atoms with E-state index in [9.17, 15) is 4.79 Å². The number of carbonyl (C=O) groups excluding carboxylic acids is 1. The third kappa shape index (κ3) is 7.50. The standard InChI is InChI=1S/C16H25NO2/c1-3-4-5-6-7-8-13-19-16-11-9-15(10-12-16)17-14(2)18/h9-12H,3-8,13H2,1-2H3,(H,17,18). The Hall–Kier alpha value is -1.51. The maximum Gasteiger partial charge on any atom is 0.221 e. The summed E-state index contributed by atoms with van der Waals surface area (Å²) < 4.78 is 5.66. The predicted molar refractivity (Wildman–Crippen MR) is 79.6 cm³/mol. The van der Waals surface area contributed by atoms with Gasteiger partial charge in [-0.3, -0.25) is 4.79 Å². The van der Waals surface area contributed by atoms with Crippen molar-refractivity contribution in [2.75, 3.05) is 11.9 Å². The number of hydrogen-bond donors (Lipinski definition) is 1. The summed E-state index contributed by atoms with van der Waals surface area (Å²) in [5.74, 6) is 0.809. The Morgan fingerprint density at radius 2 is 1.68 bits per heavy atom. The molecule has 19 heavy (non-hydrogen) atoms. The lowest BCUT2D eigenvalue weighted by molar-refractivity contribution is -0.114. The number of ether oxygens (including phenoxy) is 1. The van der Waals surface area contributed by atoms with Gasteiger partial charge in [-0.25, -0.2) is 0 Å². The van der Waals surface area contributed by atoms with Gasteiger partial charge < -0.3 is 10.1 Å². The van der Waals surface area contributed by atoms with E-state index in [1.807, 2.05) is 24.3 Å². The average molecular weight is 263 g/mol. The van der Waals surface area contributed by atoms with Crippen molar-refractivity contribution in [1.29, 1.82) is 0 Å². The zero-order valence-corrected chi connectivity index (χ0v) is 12.1. The Morgan fingerprint density at radius 1 is 1.05 bits per heavy atom. The van der Waals surface area contributed by atoms with Gasteiger partial charge in [0.1, 0.15) is 5.75 Å². The normalized spacial score (nSPS) is 10.2. The van der Waals surface area contributed by atoms with E-state index < -0.39 is 0 Å². The Morgan fingerprint density at radius 3 is 2.32 bits per heavy atom. The topological polar surface area (TPSA) is 38.3 Å². The molecule has 106 valence electrons. The molecule has 3 heteroatoms. The van der Waals surface area contributed by atoms with E-state index in [0.717, 1.165) is 24.5 Å². The molecule has 0 aliphatic rings. The van der Waals surface area contributed by atoms with Crippen LogP contribution in [-0.2, 0) is 4.79 Å². The molecule has 0 saturated heterocycles. The summed E-state index contributed by atoms with van der Waals surface area (Å²) in [6.07, 6.45) is 7.62. The van der Waals surface area contributed by atoms with Crippen molar-refractivity contribution in [3.63, 3.8) is 0 Å². The molecule has 3 nitrogen and oxygen atoms in total. The number of amides is 1. The van der Waals surface area contributed by atoms with E-state index in [-0.39, 0.29) is 5.91 Å². The molecule has 0 aliphatic heterocycles. The number of anilines is 1. The summed E-state index contributed by atoms with van der Waals surface area (Å²) >= 11 is 0. The van der Waals surface area contributed by atoms with Gasteiger partial charge in [-0.2, -0.15) is 0 Å². The monoisotopic (exact) mass is 263 g/mol. The van der Waals surface area contributed by atoms with Gasteiger partial charge in [0.2, 0.25) is 5.91 Å². The molecule has 1 amide bonds. The molecule has 0 spiro atoms. The second kappa shape index (κ2) is 9.42. The van der Waals surface area contributed by atoms with Crippen molar-refractivity contribution in [2.24, 2.45) is 0 Å². The van der Waals surface area contributed by atoms with Gasteiger partial charge >= 0.3 is 0 Å². The minimum Gasteiger partial charge on any atom is -0.494 e. The van der Waals surface area contributed by atoms with E-state index in [1.165, 1.54) is 39.0 Å². The van der Waals surface area contributed by atoms with E-state index in [4.69, 9.17) is 4.74 Å². The lowest BCUT2D eigenvalue weighted by Gasteiger charge is -2.07. The zero-order chi connectivity index (χ0) is 13.9. The summed E-state index contributed by atoms with van der Waals surface area (Å²) in [4.78, 5) is 10.9. The molecule has 1 N–H and O–H groups in total. The molecule has 1 aromatic rings. The Bertz CT molecular complexity index is 360. The van der Waals surface area contributed by atoms with Crippen molar-refractivity contribution in [3.8, 4) is 5.75 Å². The van der Waals surface area contributed by atoms with Crippen LogP contribution >= 0.6 is 0 Å². The van der Waals surface area contributed by atoms with Crippen LogP contribution < -0.4 is 10.1 Å².